The van der Waals surface area contributed by atoms with Crippen LogP contribution >= 0.6 is 0 Å². The van der Waals surface area contributed by atoms with Crippen LogP contribution in [-0.2, 0) is 21.8 Å². The Morgan fingerprint density at radius 1 is 0.732 bits per heavy atom. The van der Waals surface area contributed by atoms with Crippen LogP contribution in [0, 0.1) is 12.8 Å². The summed E-state index contributed by atoms with van der Waals surface area (Å²) in [7, 11) is 0. The molecular formula is C54H66N2+2. The number of unbranched alkanes of at least 4 members (excludes halogenated alkanes) is 1. The Bertz CT molecular complexity index is 2390. The van der Waals surface area contributed by atoms with Gasteiger partial charge in [0.1, 0.15) is 5.41 Å². The summed E-state index contributed by atoms with van der Waals surface area (Å²) in [6.45, 7) is 27.0. The third kappa shape index (κ3) is 5.26. The Kier molecular flexibility index (Phi) is 8.88. The standard InChI is InChI=1S/C54H66N2/c1-11-14-19-37-29-38-23-24-41(37)45-31-40-34-56-50(32-39(40)30-44(38)45)42-20-15-16-21-46(42)54(13-3,53(56,10)12-2)36(5)55-27-18-17-22-49(55)43-33-48-47(28-35(43)4)51(6,7)25-26-52(48,8)9/h15-18,20-22,27-28,30-34,37-38,41H,5,11-14,19,23-26,29H2,1-4,6-10H3/q+2. The molecule has 1 aliphatic heterocycles. The lowest BCUT2D eigenvalue weighted by atomic mass is 9.57. The minimum Gasteiger partial charge on any atom is -0.191 e. The van der Waals surface area contributed by atoms with Gasteiger partial charge in [-0.05, 0) is 150 Å². The fraction of sp³-hybridized carbons (Fsp3) is 0.481. The van der Waals surface area contributed by atoms with Crippen molar-refractivity contribution < 1.29 is 9.13 Å². The molecule has 1 saturated carbocycles. The van der Waals surface area contributed by atoms with Crippen molar-refractivity contribution in [1.82, 2.24) is 0 Å². The van der Waals surface area contributed by atoms with E-state index in [0.29, 0.717) is 0 Å². The number of hydrogen-bond acceptors (Lipinski definition) is 0. The Morgan fingerprint density at radius 2 is 1.45 bits per heavy atom. The molecule has 0 spiro atoms. The topological polar surface area (TPSA) is 7.76 Å². The van der Waals surface area contributed by atoms with Gasteiger partial charge >= 0.3 is 0 Å². The largest absolute Gasteiger partial charge is 0.218 e. The van der Waals surface area contributed by atoms with Gasteiger partial charge in [0.25, 0.3) is 0 Å². The second-order valence-corrected chi connectivity index (χ2v) is 20.0. The first-order chi connectivity index (χ1) is 26.8. The van der Waals surface area contributed by atoms with E-state index in [4.69, 9.17) is 6.58 Å². The van der Waals surface area contributed by atoms with Gasteiger partial charge in [-0.15, -0.1) is 0 Å². The number of aryl methyl sites for hydroxylation is 1. The zero-order valence-electron chi connectivity index (χ0n) is 36.0. The van der Waals surface area contributed by atoms with E-state index in [0.717, 1.165) is 36.3 Å². The van der Waals surface area contributed by atoms with E-state index in [1.54, 1.807) is 11.1 Å². The van der Waals surface area contributed by atoms with Gasteiger partial charge in [-0.25, -0.2) is 0 Å². The van der Waals surface area contributed by atoms with E-state index in [-0.39, 0.29) is 21.8 Å². The molecule has 3 aromatic carbocycles. The molecule has 2 heteroatoms. The fourth-order valence-electron chi connectivity index (χ4n) is 12.8. The van der Waals surface area contributed by atoms with Crippen molar-refractivity contribution in [3.63, 3.8) is 0 Å². The van der Waals surface area contributed by atoms with E-state index < -0.39 is 0 Å². The molecule has 0 N–H and O–H groups in total. The second kappa shape index (κ2) is 13.3. The SMILES string of the molecule is C=C([n+]1ccccc1-c1cc2c(cc1C)C(C)(C)CCC2(C)C)C1(CC)c2ccccc2-c2cc3cc4c(cc3c[n+]2C1(C)CC)C1CCC4CC1CCCC. The number of aromatic nitrogens is 2. The molecule has 5 atom stereocenters. The molecule has 290 valence electrons. The van der Waals surface area contributed by atoms with Crippen molar-refractivity contribution in [3.05, 3.63) is 125 Å². The van der Waals surface area contributed by atoms with Crippen molar-refractivity contribution in [2.24, 2.45) is 5.92 Å². The molecule has 2 bridgehead atoms. The third-order valence-corrected chi connectivity index (χ3v) is 16.3. The Balaban J connectivity index is 1.23. The normalized spacial score (nSPS) is 26.6. The lowest BCUT2D eigenvalue weighted by Crippen LogP contribution is -2.70. The molecule has 5 unspecified atom stereocenters. The number of allylic oxidation sites excluding steroid dienone is 1. The molecule has 5 aromatic rings. The first-order valence-corrected chi connectivity index (χ1v) is 22.3. The highest BCUT2D eigenvalue weighted by Crippen LogP contribution is 2.57. The lowest BCUT2D eigenvalue weighted by Gasteiger charge is -2.47. The van der Waals surface area contributed by atoms with Crippen LogP contribution in [0.1, 0.15) is 165 Å². The van der Waals surface area contributed by atoms with E-state index >= 15 is 0 Å². The smallest absolute Gasteiger partial charge is 0.191 e. The van der Waals surface area contributed by atoms with Crippen LogP contribution in [0.2, 0.25) is 0 Å². The Hall–Kier alpha value is -4.04. The van der Waals surface area contributed by atoms with Crippen LogP contribution in [0.4, 0.5) is 0 Å². The van der Waals surface area contributed by atoms with Gasteiger partial charge in [-0.1, -0.05) is 91.6 Å². The van der Waals surface area contributed by atoms with Crippen molar-refractivity contribution in [2.75, 3.05) is 0 Å². The monoisotopic (exact) mass is 743 g/mol. The van der Waals surface area contributed by atoms with Crippen molar-refractivity contribution in [3.8, 4) is 22.5 Å². The molecule has 2 aromatic heterocycles. The predicted octanol–water partition coefficient (Wildman–Crippen LogP) is 13.5. The van der Waals surface area contributed by atoms with Gasteiger partial charge in [-0.2, -0.15) is 9.13 Å². The summed E-state index contributed by atoms with van der Waals surface area (Å²) < 4.78 is 5.17. The zero-order chi connectivity index (χ0) is 39.4. The maximum Gasteiger partial charge on any atom is 0.218 e. The molecular weight excluding hydrogens is 677 g/mol. The number of benzene rings is 3. The number of fused-ring (bicyclic) bond motifs is 7. The second-order valence-electron chi connectivity index (χ2n) is 20.0. The third-order valence-electron chi connectivity index (χ3n) is 16.3. The van der Waals surface area contributed by atoms with Crippen LogP contribution < -0.4 is 9.13 Å². The minimum absolute atomic E-state index is 0.135. The predicted molar refractivity (Wildman–Crippen MR) is 235 cm³/mol. The van der Waals surface area contributed by atoms with E-state index in [9.17, 15) is 0 Å². The van der Waals surface area contributed by atoms with Gasteiger partial charge in [-0.3, -0.25) is 0 Å². The Morgan fingerprint density at radius 3 is 2.18 bits per heavy atom. The van der Waals surface area contributed by atoms with Gasteiger partial charge < -0.3 is 0 Å². The number of rotatable bonds is 8. The van der Waals surface area contributed by atoms with Crippen molar-refractivity contribution in [1.29, 1.82) is 0 Å². The average Bonchev–Trinajstić information content (AvgIpc) is 3.21. The summed E-state index contributed by atoms with van der Waals surface area (Å²) in [6.07, 6.45) is 17.4. The molecule has 5 aliphatic rings. The summed E-state index contributed by atoms with van der Waals surface area (Å²) in [5, 5.41) is 2.80. The average molecular weight is 743 g/mol. The first-order valence-electron chi connectivity index (χ1n) is 22.3. The van der Waals surface area contributed by atoms with Gasteiger partial charge in [0.05, 0.1) is 5.56 Å². The van der Waals surface area contributed by atoms with E-state index in [1.165, 1.54) is 107 Å². The zero-order valence-corrected chi connectivity index (χ0v) is 36.0. The van der Waals surface area contributed by atoms with Crippen LogP contribution in [0.25, 0.3) is 39.0 Å². The minimum atomic E-state index is -0.369. The number of hydrogen-bond donors (Lipinski definition) is 0. The molecule has 2 nitrogen and oxygen atoms in total. The lowest BCUT2D eigenvalue weighted by molar-refractivity contribution is -0.765. The highest BCUT2D eigenvalue weighted by Gasteiger charge is 2.64. The van der Waals surface area contributed by atoms with E-state index in [1.807, 2.05) is 0 Å². The maximum atomic E-state index is 5.19. The van der Waals surface area contributed by atoms with Gasteiger partial charge in [0, 0.05) is 42.5 Å². The summed E-state index contributed by atoms with van der Waals surface area (Å²) in [4.78, 5) is 0. The summed E-state index contributed by atoms with van der Waals surface area (Å²) in [5.41, 5.74) is 15.1. The van der Waals surface area contributed by atoms with Gasteiger partial charge in [0.15, 0.2) is 23.6 Å². The fourth-order valence-corrected chi connectivity index (χ4v) is 12.8. The molecule has 0 amide bonds. The summed E-state index contributed by atoms with van der Waals surface area (Å²) >= 11 is 0. The molecule has 10 rings (SSSR count). The van der Waals surface area contributed by atoms with Crippen LogP contribution in [0.5, 0.6) is 0 Å². The molecule has 0 radical (unpaired) electrons. The highest BCUT2D eigenvalue weighted by molar-refractivity contribution is 5.87. The van der Waals surface area contributed by atoms with E-state index in [2.05, 4.69) is 157 Å². The number of pyridine rings is 2. The Labute approximate surface area is 338 Å². The van der Waals surface area contributed by atoms with Gasteiger partial charge in [0.2, 0.25) is 11.4 Å². The van der Waals surface area contributed by atoms with Crippen molar-refractivity contribution in [2.45, 2.75) is 160 Å². The molecule has 3 heterocycles. The summed E-state index contributed by atoms with van der Waals surface area (Å²) in [5.74, 6) is 2.29. The highest BCUT2D eigenvalue weighted by atomic mass is 15.1. The van der Waals surface area contributed by atoms with Crippen molar-refractivity contribution >= 4 is 16.5 Å². The van der Waals surface area contributed by atoms with Crippen LogP contribution in [0.3, 0.4) is 0 Å². The molecule has 1 fully saturated rings. The molecule has 4 aliphatic carbocycles. The number of nitrogens with zero attached hydrogens (tertiary/aromatic N) is 2. The maximum absolute atomic E-state index is 5.19. The van der Waals surface area contributed by atoms with Crippen LogP contribution in [-0.4, -0.2) is 0 Å². The van der Waals surface area contributed by atoms with Crippen LogP contribution in [0.15, 0.2) is 91.8 Å². The first kappa shape index (κ1) is 37.5. The molecule has 0 saturated heterocycles. The summed E-state index contributed by atoms with van der Waals surface area (Å²) in [6, 6.07) is 28.9. The molecule has 56 heavy (non-hydrogen) atoms. The quantitative estimate of drug-likeness (QED) is 0.140.